The monoisotopic (exact) mass is 387 g/mol. The van der Waals surface area contributed by atoms with Gasteiger partial charge in [0, 0.05) is 33.4 Å². The molecule has 0 fully saturated rings. The summed E-state index contributed by atoms with van der Waals surface area (Å²) in [7, 11) is 0. The summed E-state index contributed by atoms with van der Waals surface area (Å²) in [5, 5.41) is 14.9. The number of ketones is 1. The van der Waals surface area contributed by atoms with Crippen molar-refractivity contribution in [1.82, 2.24) is 0 Å². The van der Waals surface area contributed by atoms with Crippen LogP contribution in [0.15, 0.2) is 28.1 Å². The van der Waals surface area contributed by atoms with Crippen LogP contribution < -0.4 is 0 Å². The molecule has 0 saturated carbocycles. The number of aliphatic hydroxyl groups excluding tert-OH is 1. The zero-order valence-electron chi connectivity index (χ0n) is 15.8. The molecule has 2 unspecified atom stereocenters. The smallest absolute Gasteiger partial charge is 0.162 e. The van der Waals surface area contributed by atoms with Crippen LogP contribution in [0.25, 0.3) is 0 Å². The van der Waals surface area contributed by atoms with Gasteiger partial charge in [-0.15, -0.1) is 0 Å². The Morgan fingerprint density at radius 3 is 2.80 bits per heavy atom. The highest BCUT2D eigenvalue weighted by Gasteiger charge is 2.30. The van der Waals surface area contributed by atoms with Gasteiger partial charge in [-0.25, -0.2) is 0 Å². The number of nitrogens with zero attached hydrogens (tertiary/aromatic N) is 1. The topological polar surface area (TPSA) is 58.9 Å². The lowest BCUT2D eigenvalue weighted by atomic mass is 9.83. The Morgan fingerprint density at radius 2 is 2.20 bits per heavy atom. The first-order valence-electron chi connectivity index (χ1n) is 8.67. The van der Waals surface area contributed by atoms with Crippen molar-refractivity contribution in [2.45, 2.75) is 70.3 Å². The molecule has 1 aliphatic rings. The zero-order valence-corrected chi connectivity index (χ0v) is 17.4. The summed E-state index contributed by atoms with van der Waals surface area (Å²) >= 11 is 7.25. The molecular formula is C19H30ClNO3S. The van der Waals surface area contributed by atoms with Crippen LogP contribution >= 0.6 is 23.4 Å². The Kier molecular flexibility index (Phi) is 9.08. The van der Waals surface area contributed by atoms with Crippen molar-refractivity contribution in [2.75, 3.05) is 6.61 Å². The third-order valence-corrected chi connectivity index (χ3v) is 5.28. The van der Waals surface area contributed by atoms with Gasteiger partial charge in [-0.1, -0.05) is 44.5 Å². The van der Waals surface area contributed by atoms with Gasteiger partial charge in [-0.05, 0) is 32.3 Å². The molecule has 0 saturated heterocycles. The number of hydrogen-bond acceptors (Lipinski definition) is 5. The molecule has 4 nitrogen and oxygen atoms in total. The van der Waals surface area contributed by atoms with E-state index in [9.17, 15) is 9.90 Å². The summed E-state index contributed by atoms with van der Waals surface area (Å²) in [6.45, 7) is 10.8. The lowest BCUT2D eigenvalue weighted by Crippen LogP contribution is -2.24. The summed E-state index contributed by atoms with van der Waals surface area (Å²) in [5.41, 5.74) is 2.78. The van der Waals surface area contributed by atoms with E-state index < -0.39 is 0 Å². The third-order valence-electron chi connectivity index (χ3n) is 3.82. The van der Waals surface area contributed by atoms with Crippen molar-refractivity contribution < 1.29 is 14.7 Å². The second-order valence-electron chi connectivity index (χ2n) is 7.46. The highest BCUT2D eigenvalue weighted by Crippen LogP contribution is 2.36. The van der Waals surface area contributed by atoms with Gasteiger partial charge in [0.05, 0.1) is 5.71 Å². The van der Waals surface area contributed by atoms with E-state index in [0.717, 1.165) is 5.71 Å². The lowest BCUT2D eigenvalue weighted by Gasteiger charge is -2.27. The standard InChI is InChI=1S/C19H30ClNO3S/c1-13(21-24-10-6-9-20)11-15-7-8-17(22)16(18(15)23)12-14(2)25-19(3,4)5/h6,9,14-15,23H,7-8,10-12H2,1-5H3/b9-6?,21-13+. The van der Waals surface area contributed by atoms with Crippen molar-refractivity contribution in [1.29, 1.82) is 0 Å². The first kappa shape index (κ1) is 22.1. The van der Waals surface area contributed by atoms with E-state index in [4.69, 9.17) is 16.4 Å². The van der Waals surface area contributed by atoms with Crippen molar-refractivity contribution in [3.8, 4) is 0 Å². The van der Waals surface area contributed by atoms with Gasteiger partial charge >= 0.3 is 0 Å². The first-order valence-corrected chi connectivity index (χ1v) is 9.99. The molecule has 25 heavy (non-hydrogen) atoms. The Morgan fingerprint density at radius 1 is 1.52 bits per heavy atom. The Labute approximate surface area is 160 Å². The van der Waals surface area contributed by atoms with Crippen LogP contribution in [-0.4, -0.2) is 33.2 Å². The van der Waals surface area contributed by atoms with E-state index in [0.29, 0.717) is 37.9 Å². The maximum atomic E-state index is 12.3. The normalized spacial score (nSPS) is 21.1. The number of hydrogen-bond donors (Lipinski definition) is 1. The van der Waals surface area contributed by atoms with E-state index in [2.05, 4.69) is 32.9 Å². The summed E-state index contributed by atoms with van der Waals surface area (Å²) < 4.78 is 0.130. The number of Topliss-reactive ketones (excluding diaryl/α,β-unsaturated/α-hetero) is 1. The van der Waals surface area contributed by atoms with Crippen LogP contribution in [0.2, 0.25) is 0 Å². The number of halogens is 1. The van der Waals surface area contributed by atoms with Crippen LogP contribution in [0.5, 0.6) is 0 Å². The maximum absolute atomic E-state index is 12.3. The molecule has 142 valence electrons. The molecule has 0 amide bonds. The molecule has 0 aromatic carbocycles. The van der Waals surface area contributed by atoms with Gasteiger partial charge in [0.1, 0.15) is 12.4 Å². The van der Waals surface area contributed by atoms with Crippen LogP contribution in [0, 0.1) is 5.92 Å². The van der Waals surface area contributed by atoms with Crippen molar-refractivity contribution >= 4 is 34.9 Å². The minimum atomic E-state index is -0.0598. The lowest BCUT2D eigenvalue weighted by molar-refractivity contribution is -0.116. The number of carbonyl (C=O) groups is 1. The Hall–Kier alpha value is -0.940. The number of thioether (sulfide) groups is 1. The highest BCUT2D eigenvalue weighted by atomic mass is 35.5. The molecule has 0 heterocycles. The predicted molar refractivity (Wildman–Crippen MR) is 107 cm³/mol. The molecule has 6 heteroatoms. The second kappa shape index (κ2) is 10.3. The number of aliphatic hydroxyl groups is 1. The summed E-state index contributed by atoms with van der Waals surface area (Å²) in [6, 6.07) is 0. The fourth-order valence-corrected chi connectivity index (χ4v) is 4.48. The highest BCUT2D eigenvalue weighted by molar-refractivity contribution is 8.01. The number of oxime groups is 1. The van der Waals surface area contributed by atoms with E-state index >= 15 is 0 Å². The van der Waals surface area contributed by atoms with Crippen molar-refractivity contribution in [3.05, 3.63) is 22.9 Å². The van der Waals surface area contributed by atoms with Crippen LogP contribution in [0.4, 0.5) is 0 Å². The van der Waals surface area contributed by atoms with Crippen molar-refractivity contribution in [3.63, 3.8) is 0 Å². The molecule has 0 radical (unpaired) electrons. The van der Waals surface area contributed by atoms with Gasteiger partial charge < -0.3 is 9.94 Å². The number of rotatable bonds is 8. The van der Waals surface area contributed by atoms with Crippen LogP contribution in [0.3, 0.4) is 0 Å². The molecule has 1 N–H and O–H groups in total. The van der Waals surface area contributed by atoms with Gasteiger partial charge in [0.2, 0.25) is 0 Å². The minimum Gasteiger partial charge on any atom is -0.512 e. The van der Waals surface area contributed by atoms with Crippen LogP contribution in [0.1, 0.15) is 60.3 Å². The van der Waals surface area contributed by atoms with E-state index in [1.807, 2.05) is 18.7 Å². The number of allylic oxidation sites excluding steroid dienone is 2. The fourth-order valence-electron chi connectivity index (χ4n) is 2.95. The molecule has 2 atom stereocenters. The molecule has 0 aromatic rings. The zero-order chi connectivity index (χ0) is 19.0. The van der Waals surface area contributed by atoms with Gasteiger partial charge in [-0.3, -0.25) is 4.79 Å². The van der Waals surface area contributed by atoms with Gasteiger partial charge in [0.25, 0.3) is 0 Å². The fraction of sp³-hybridized carbons (Fsp3) is 0.684. The Bertz CT molecular complexity index is 549. The molecular weight excluding hydrogens is 358 g/mol. The SMILES string of the molecule is C/C(CC1CCC(=O)C(CC(C)SC(C)(C)C)=C1O)=N\OCC=CCl. The molecule has 0 spiro atoms. The van der Waals surface area contributed by atoms with Crippen LogP contribution in [-0.2, 0) is 9.63 Å². The van der Waals surface area contributed by atoms with Gasteiger partial charge in [0.15, 0.2) is 5.78 Å². The molecule has 0 bridgehead atoms. The predicted octanol–water partition coefficient (Wildman–Crippen LogP) is 5.62. The molecule has 0 aromatic heterocycles. The average molecular weight is 388 g/mol. The van der Waals surface area contributed by atoms with E-state index in [1.165, 1.54) is 5.54 Å². The third kappa shape index (κ3) is 8.32. The van der Waals surface area contributed by atoms with E-state index in [1.54, 1.807) is 6.08 Å². The average Bonchev–Trinajstić information content (AvgIpc) is 2.49. The molecule has 0 aliphatic heterocycles. The second-order valence-corrected chi connectivity index (χ2v) is 9.97. The summed E-state index contributed by atoms with van der Waals surface area (Å²) in [4.78, 5) is 17.4. The summed E-state index contributed by atoms with van der Waals surface area (Å²) in [5.74, 6) is 0.261. The molecule has 1 aliphatic carbocycles. The maximum Gasteiger partial charge on any atom is 0.162 e. The summed E-state index contributed by atoms with van der Waals surface area (Å²) in [6.07, 6.45) is 4.00. The number of carbonyl (C=O) groups excluding carboxylic acids is 1. The minimum absolute atomic E-state index is 0.0598. The Balaban J connectivity index is 2.76. The quantitative estimate of drug-likeness (QED) is 0.333. The largest absolute Gasteiger partial charge is 0.512 e. The van der Waals surface area contributed by atoms with E-state index in [-0.39, 0.29) is 27.5 Å². The molecule has 1 rings (SSSR count). The van der Waals surface area contributed by atoms with Crippen molar-refractivity contribution in [2.24, 2.45) is 11.1 Å². The van der Waals surface area contributed by atoms with Gasteiger partial charge in [-0.2, -0.15) is 11.8 Å². The first-order chi connectivity index (χ1) is 11.6.